The fourth-order valence-corrected chi connectivity index (χ4v) is 3.04. The van der Waals surface area contributed by atoms with Crippen LogP contribution in [0, 0.1) is 17.2 Å². The summed E-state index contributed by atoms with van der Waals surface area (Å²) in [5, 5.41) is 9.39. The molecule has 0 aromatic carbocycles. The summed E-state index contributed by atoms with van der Waals surface area (Å²) in [6, 6.07) is 2.75. The summed E-state index contributed by atoms with van der Waals surface area (Å²) in [7, 11) is 2.17. The van der Waals surface area contributed by atoms with Crippen molar-refractivity contribution in [2.75, 3.05) is 33.2 Å². The predicted molar refractivity (Wildman–Crippen MR) is 65.0 cm³/mol. The third kappa shape index (κ3) is 2.75. The van der Waals surface area contributed by atoms with E-state index in [0.717, 1.165) is 26.2 Å². The summed E-state index contributed by atoms with van der Waals surface area (Å²) >= 11 is 0. The molecule has 0 aromatic rings. The van der Waals surface area contributed by atoms with Crippen LogP contribution in [0.4, 0.5) is 0 Å². The van der Waals surface area contributed by atoms with Crippen molar-refractivity contribution in [1.29, 1.82) is 5.26 Å². The molecule has 1 aliphatic carbocycles. The molecule has 1 heterocycles. The van der Waals surface area contributed by atoms with Gasteiger partial charge in [-0.2, -0.15) is 5.26 Å². The van der Waals surface area contributed by atoms with Gasteiger partial charge in [-0.1, -0.05) is 19.3 Å². The van der Waals surface area contributed by atoms with Crippen LogP contribution in [-0.2, 0) is 0 Å². The van der Waals surface area contributed by atoms with Gasteiger partial charge in [0.2, 0.25) is 0 Å². The molecule has 2 rings (SSSR count). The summed E-state index contributed by atoms with van der Waals surface area (Å²) in [6.45, 7) is 4.38. The van der Waals surface area contributed by atoms with E-state index in [4.69, 9.17) is 0 Å². The third-order valence-electron chi connectivity index (χ3n) is 4.16. The Morgan fingerprint density at radius 2 is 1.69 bits per heavy atom. The minimum atomic E-state index is 0.189. The van der Waals surface area contributed by atoms with Crippen LogP contribution < -0.4 is 0 Å². The van der Waals surface area contributed by atoms with E-state index in [2.05, 4.69) is 22.9 Å². The highest BCUT2D eigenvalue weighted by Gasteiger charge is 2.30. The summed E-state index contributed by atoms with van der Waals surface area (Å²) in [6.07, 6.45) is 6.57. The Morgan fingerprint density at radius 1 is 1.06 bits per heavy atom. The van der Waals surface area contributed by atoms with E-state index in [1.54, 1.807) is 0 Å². The Balaban J connectivity index is 1.91. The van der Waals surface area contributed by atoms with E-state index in [1.165, 1.54) is 32.1 Å². The molecule has 0 N–H and O–H groups in total. The number of nitriles is 1. The molecule has 0 spiro atoms. The molecule has 1 atom stereocenters. The van der Waals surface area contributed by atoms with Gasteiger partial charge < -0.3 is 4.90 Å². The first kappa shape index (κ1) is 11.9. The van der Waals surface area contributed by atoms with Gasteiger partial charge in [-0.15, -0.1) is 0 Å². The van der Waals surface area contributed by atoms with Gasteiger partial charge >= 0.3 is 0 Å². The average molecular weight is 221 g/mol. The maximum Gasteiger partial charge on any atom is 0.101 e. The Labute approximate surface area is 99.0 Å². The largest absolute Gasteiger partial charge is 0.304 e. The lowest BCUT2D eigenvalue weighted by Gasteiger charge is -2.39. The van der Waals surface area contributed by atoms with E-state index in [9.17, 15) is 5.26 Å². The number of rotatable bonds is 2. The molecule has 1 saturated heterocycles. The minimum Gasteiger partial charge on any atom is -0.304 e. The fraction of sp³-hybridized carbons (Fsp3) is 0.923. The predicted octanol–water partition coefficient (Wildman–Crippen LogP) is 1.71. The standard InChI is InChI=1S/C13H23N3/c1-15-7-9-16(10-8-15)13(11-14)12-5-3-2-4-6-12/h12-13H,2-10H2,1H3. The number of nitrogens with zero attached hydrogens (tertiary/aromatic N) is 3. The van der Waals surface area contributed by atoms with Crippen molar-refractivity contribution < 1.29 is 0 Å². The van der Waals surface area contributed by atoms with Crippen molar-refractivity contribution in [3.05, 3.63) is 0 Å². The van der Waals surface area contributed by atoms with Crippen LogP contribution in [0.1, 0.15) is 32.1 Å². The topological polar surface area (TPSA) is 30.3 Å². The monoisotopic (exact) mass is 221 g/mol. The number of hydrogen-bond donors (Lipinski definition) is 0. The SMILES string of the molecule is CN1CCN(C(C#N)C2CCCCC2)CC1. The first-order valence-electron chi connectivity index (χ1n) is 6.63. The van der Waals surface area contributed by atoms with Crippen LogP contribution >= 0.6 is 0 Å². The van der Waals surface area contributed by atoms with Crippen LogP contribution in [0.5, 0.6) is 0 Å². The van der Waals surface area contributed by atoms with E-state index >= 15 is 0 Å². The zero-order chi connectivity index (χ0) is 11.4. The molecule has 90 valence electrons. The molecule has 1 unspecified atom stereocenters. The van der Waals surface area contributed by atoms with Crippen LogP contribution in [0.3, 0.4) is 0 Å². The Morgan fingerprint density at radius 3 is 2.25 bits per heavy atom. The van der Waals surface area contributed by atoms with Crippen LogP contribution in [-0.4, -0.2) is 49.1 Å². The quantitative estimate of drug-likeness (QED) is 0.711. The van der Waals surface area contributed by atoms with E-state index in [1.807, 2.05) is 0 Å². The van der Waals surface area contributed by atoms with Gasteiger partial charge in [0.25, 0.3) is 0 Å². The first-order valence-corrected chi connectivity index (χ1v) is 6.63. The lowest BCUT2D eigenvalue weighted by atomic mass is 9.83. The lowest BCUT2D eigenvalue weighted by molar-refractivity contribution is 0.0943. The molecule has 3 heteroatoms. The normalized spacial score (nSPS) is 27.5. The van der Waals surface area contributed by atoms with Gasteiger partial charge in [0.15, 0.2) is 0 Å². The molecule has 0 radical (unpaired) electrons. The van der Waals surface area contributed by atoms with Crippen LogP contribution in [0.25, 0.3) is 0 Å². The molecule has 2 aliphatic rings. The molecule has 2 fully saturated rings. The second-order valence-corrected chi connectivity index (χ2v) is 5.31. The first-order chi connectivity index (χ1) is 7.81. The van der Waals surface area contributed by atoms with Gasteiger partial charge in [0.1, 0.15) is 6.04 Å². The van der Waals surface area contributed by atoms with Crippen LogP contribution in [0.2, 0.25) is 0 Å². The number of likely N-dealkylation sites (N-methyl/N-ethyl adjacent to an activating group) is 1. The Bertz CT molecular complexity index is 244. The zero-order valence-electron chi connectivity index (χ0n) is 10.4. The van der Waals surface area contributed by atoms with E-state index < -0.39 is 0 Å². The van der Waals surface area contributed by atoms with E-state index in [-0.39, 0.29) is 6.04 Å². The smallest absolute Gasteiger partial charge is 0.101 e. The Hall–Kier alpha value is -0.590. The highest BCUT2D eigenvalue weighted by Crippen LogP contribution is 2.29. The molecule has 16 heavy (non-hydrogen) atoms. The van der Waals surface area contributed by atoms with Gasteiger partial charge in [0, 0.05) is 26.2 Å². The highest BCUT2D eigenvalue weighted by molar-refractivity contribution is 4.98. The summed E-state index contributed by atoms with van der Waals surface area (Å²) < 4.78 is 0. The molecule has 1 aliphatic heterocycles. The second kappa shape index (κ2) is 5.65. The minimum absolute atomic E-state index is 0.189. The number of piperazine rings is 1. The summed E-state index contributed by atoms with van der Waals surface area (Å²) in [4.78, 5) is 4.77. The van der Waals surface area contributed by atoms with Gasteiger partial charge in [-0.25, -0.2) is 0 Å². The van der Waals surface area contributed by atoms with Gasteiger partial charge in [-0.05, 0) is 25.8 Å². The van der Waals surface area contributed by atoms with Crippen molar-refractivity contribution in [3.63, 3.8) is 0 Å². The van der Waals surface area contributed by atoms with Gasteiger partial charge in [0.05, 0.1) is 6.07 Å². The second-order valence-electron chi connectivity index (χ2n) is 5.31. The lowest BCUT2D eigenvalue weighted by Crippen LogP contribution is -2.51. The van der Waals surface area contributed by atoms with Gasteiger partial charge in [-0.3, -0.25) is 4.90 Å². The average Bonchev–Trinajstić information content (AvgIpc) is 2.34. The molecule has 3 nitrogen and oxygen atoms in total. The van der Waals surface area contributed by atoms with Crippen molar-refractivity contribution in [2.45, 2.75) is 38.1 Å². The van der Waals surface area contributed by atoms with E-state index in [0.29, 0.717) is 5.92 Å². The Kier molecular flexibility index (Phi) is 4.20. The summed E-state index contributed by atoms with van der Waals surface area (Å²) in [5.41, 5.74) is 0. The molecule has 0 aromatic heterocycles. The fourth-order valence-electron chi connectivity index (χ4n) is 3.04. The van der Waals surface area contributed by atoms with Crippen LogP contribution in [0.15, 0.2) is 0 Å². The van der Waals surface area contributed by atoms with Crippen molar-refractivity contribution in [2.24, 2.45) is 5.92 Å². The maximum atomic E-state index is 9.39. The molecule has 1 saturated carbocycles. The molecular weight excluding hydrogens is 198 g/mol. The zero-order valence-corrected chi connectivity index (χ0v) is 10.4. The van der Waals surface area contributed by atoms with Crippen molar-refractivity contribution in [3.8, 4) is 6.07 Å². The summed E-state index contributed by atoms with van der Waals surface area (Å²) in [5.74, 6) is 0.641. The maximum absolute atomic E-state index is 9.39. The third-order valence-corrected chi connectivity index (χ3v) is 4.16. The van der Waals surface area contributed by atoms with Crippen molar-refractivity contribution >= 4 is 0 Å². The van der Waals surface area contributed by atoms with Crippen molar-refractivity contribution in [1.82, 2.24) is 9.80 Å². The molecule has 0 bridgehead atoms. The number of hydrogen-bond acceptors (Lipinski definition) is 3. The molecular formula is C13H23N3. The molecule has 0 amide bonds. The highest BCUT2D eigenvalue weighted by atomic mass is 15.3.